The SMILES string of the molecule is COC(=O)[C@@H](C)[C@H](C)C[C@H](O)CC#N. The van der Waals surface area contributed by atoms with Gasteiger partial charge in [0.1, 0.15) is 0 Å². The molecule has 0 aromatic rings. The van der Waals surface area contributed by atoms with E-state index in [9.17, 15) is 9.90 Å². The van der Waals surface area contributed by atoms with Crippen LogP contribution in [0.3, 0.4) is 0 Å². The maximum absolute atomic E-state index is 11.1. The van der Waals surface area contributed by atoms with Gasteiger partial charge in [0.15, 0.2) is 0 Å². The number of methoxy groups -OCH3 is 1. The highest BCUT2D eigenvalue weighted by atomic mass is 16.5. The molecule has 0 heterocycles. The molecule has 0 aliphatic rings. The normalized spacial score (nSPS) is 16.5. The van der Waals surface area contributed by atoms with Crippen LogP contribution in [-0.4, -0.2) is 24.3 Å². The van der Waals surface area contributed by atoms with Crippen molar-refractivity contribution in [3.05, 3.63) is 0 Å². The molecule has 0 fully saturated rings. The first-order chi connectivity index (χ1) is 6.52. The maximum Gasteiger partial charge on any atom is 0.308 e. The van der Waals surface area contributed by atoms with Crippen molar-refractivity contribution in [2.75, 3.05) is 7.11 Å². The second-order valence-corrected chi connectivity index (χ2v) is 3.54. The molecule has 14 heavy (non-hydrogen) atoms. The summed E-state index contributed by atoms with van der Waals surface area (Å²) in [5.74, 6) is -0.499. The van der Waals surface area contributed by atoms with E-state index >= 15 is 0 Å². The second-order valence-electron chi connectivity index (χ2n) is 3.54. The van der Waals surface area contributed by atoms with E-state index < -0.39 is 6.10 Å². The summed E-state index contributed by atoms with van der Waals surface area (Å²) in [5.41, 5.74) is 0. The first-order valence-electron chi connectivity index (χ1n) is 4.65. The molecule has 4 heteroatoms. The van der Waals surface area contributed by atoms with Crippen molar-refractivity contribution in [1.29, 1.82) is 5.26 Å². The van der Waals surface area contributed by atoms with Gasteiger partial charge in [-0.25, -0.2) is 0 Å². The van der Waals surface area contributed by atoms with E-state index in [4.69, 9.17) is 5.26 Å². The summed E-state index contributed by atoms with van der Waals surface area (Å²) < 4.78 is 4.59. The zero-order valence-corrected chi connectivity index (χ0v) is 8.86. The molecule has 0 rings (SSSR count). The van der Waals surface area contributed by atoms with Crippen LogP contribution in [-0.2, 0) is 9.53 Å². The number of carbonyl (C=O) groups excluding carboxylic acids is 1. The van der Waals surface area contributed by atoms with Gasteiger partial charge in [0, 0.05) is 0 Å². The quantitative estimate of drug-likeness (QED) is 0.673. The molecular weight excluding hydrogens is 182 g/mol. The summed E-state index contributed by atoms with van der Waals surface area (Å²) in [6.45, 7) is 3.62. The molecule has 0 saturated carbocycles. The van der Waals surface area contributed by atoms with E-state index in [0.717, 1.165) is 0 Å². The van der Waals surface area contributed by atoms with Crippen LogP contribution in [0, 0.1) is 23.2 Å². The number of aliphatic hydroxyl groups is 1. The van der Waals surface area contributed by atoms with Gasteiger partial charge in [-0.2, -0.15) is 5.26 Å². The Bertz CT molecular complexity index is 222. The minimum Gasteiger partial charge on any atom is -0.469 e. The smallest absolute Gasteiger partial charge is 0.308 e. The summed E-state index contributed by atoms with van der Waals surface area (Å²) in [4.78, 5) is 11.1. The molecule has 0 unspecified atom stereocenters. The van der Waals surface area contributed by atoms with Crippen LogP contribution in [0.2, 0.25) is 0 Å². The zero-order chi connectivity index (χ0) is 11.1. The Morgan fingerprint density at radius 2 is 2.14 bits per heavy atom. The topological polar surface area (TPSA) is 70.3 Å². The van der Waals surface area contributed by atoms with Gasteiger partial charge in [-0.05, 0) is 12.3 Å². The standard InChI is InChI=1S/C10H17NO3/c1-7(6-9(12)4-5-11)8(2)10(13)14-3/h7-9,12H,4,6H2,1-3H3/t7-,8+,9-/m1/s1. The Morgan fingerprint density at radius 3 is 2.57 bits per heavy atom. The van der Waals surface area contributed by atoms with Crippen molar-refractivity contribution in [1.82, 2.24) is 0 Å². The van der Waals surface area contributed by atoms with Crippen LogP contribution >= 0.6 is 0 Å². The number of nitriles is 1. The first-order valence-corrected chi connectivity index (χ1v) is 4.65. The summed E-state index contributed by atoms with van der Waals surface area (Å²) in [6, 6.07) is 1.89. The highest BCUT2D eigenvalue weighted by molar-refractivity contribution is 5.72. The highest BCUT2D eigenvalue weighted by Crippen LogP contribution is 2.19. The number of hydrogen-bond donors (Lipinski definition) is 1. The minimum atomic E-state index is -0.651. The fourth-order valence-corrected chi connectivity index (χ4v) is 1.24. The fourth-order valence-electron chi connectivity index (χ4n) is 1.24. The fraction of sp³-hybridized carbons (Fsp3) is 0.800. The number of carbonyl (C=O) groups is 1. The number of nitrogens with zero attached hydrogens (tertiary/aromatic N) is 1. The lowest BCUT2D eigenvalue weighted by atomic mass is 9.90. The molecule has 3 atom stereocenters. The Balaban J connectivity index is 4.01. The van der Waals surface area contributed by atoms with Gasteiger partial charge < -0.3 is 9.84 Å². The monoisotopic (exact) mass is 199 g/mol. The van der Waals surface area contributed by atoms with E-state index in [1.54, 1.807) is 6.92 Å². The number of ether oxygens (including phenoxy) is 1. The number of hydrogen-bond acceptors (Lipinski definition) is 4. The van der Waals surface area contributed by atoms with Gasteiger partial charge in [-0.1, -0.05) is 13.8 Å². The zero-order valence-electron chi connectivity index (χ0n) is 8.86. The summed E-state index contributed by atoms with van der Waals surface area (Å²) in [6.07, 6.45) is -0.0932. The summed E-state index contributed by atoms with van der Waals surface area (Å²) >= 11 is 0. The van der Waals surface area contributed by atoms with E-state index in [1.807, 2.05) is 13.0 Å². The molecule has 0 aliphatic heterocycles. The summed E-state index contributed by atoms with van der Waals surface area (Å²) in [7, 11) is 1.34. The third-order valence-electron chi connectivity index (χ3n) is 2.40. The van der Waals surface area contributed by atoms with Crippen molar-refractivity contribution in [3.63, 3.8) is 0 Å². The van der Waals surface area contributed by atoms with Crippen molar-refractivity contribution >= 4 is 5.97 Å². The molecule has 0 aromatic heterocycles. The lowest BCUT2D eigenvalue weighted by Crippen LogP contribution is -2.23. The van der Waals surface area contributed by atoms with E-state index in [-0.39, 0.29) is 24.2 Å². The molecule has 0 aliphatic carbocycles. The van der Waals surface area contributed by atoms with Gasteiger partial charge in [-0.3, -0.25) is 4.79 Å². The van der Waals surface area contributed by atoms with Crippen LogP contribution in [0.15, 0.2) is 0 Å². The molecule has 0 amide bonds. The van der Waals surface area contributed by atoms with Crippen molar-refractivity contribution in [2.45, 2.75) is 32.8 Å². The number of esters is 1. The molecule has 0 bridgehead atoms. The molecule has 1 N–H and O–H groups in total. The largest absolute Gasteiger partial charge is 0.469 e. The third-order valence-corrected chi connectivity index (χ3v) is 2.40. The number of aliphatic hydroxyl groups excluding tert-OH is 1. The van der Waals surface area contributed by atoms with Crippen LogP contribution in [0.5, 0.6) is 0 Å². The Morgan fingerprint density at radius 1 is 1.57 bits per heavy atom. The van der Waals surface area contributed by atoms with Gasteiger partial charge in [0.25, 0.3) is 0 Å². The van der Waals surface area contributed by atoms with Crippen LogP contribution in [0.1, 0.15) is 26.7 Å². The van der Waals surface area contributed by atoms with Gasteiger partial charge in [0.05, 0.1) is 31.6 Å². The minimum absolute atomic E-state index is 0.0193. The summed E-state index contributed by atoms with van der Waals surface area (Å²) in [5, 5.41) is 17.7. The second kappa shape index (κ2) is 6.39. The van der Waals surface area contributed by atoms with Gasteiger partial charge in [0.2, 0.25) is 0 Å². The number of rotatable bonds is 5. The highest BCUT2D eigenvalue weighted by Gasteiger charge is 2.22. The van der Waals surface area contributed by atoms with Gasteiger partial charge in [-0.15, -0.1) is 0 Å². The lowest BCUT2D eigenvalue weighted by Gasteiger charge is -2.19. The molecule has 0 spiro atoms. The predicted octanol–water partition coefficient (Wildman–Crippen LogP) is 1.10. The Labute approximate surface area is 84.5 Å². The average Bonchev–Trinajstić information content (AvgIpc) is 2.15. The van der Waals surface area contributed by atoms with Gasteiger partial charge >= 0.3 is 5.97 Å². The Hall–Kier alpha value is -1.08. The molecule has 0 aromatic carbocycles. The van der Waals surface area contributed by atoms with Crippen LogP contribution in [0.25, 0.3) is 0 Å². The molecule has 0 saturated heterocycles. The van der Waals surface area contributed by atoms with E-state index in [2.05, 4.69) is 4.74 Å². The average molecular weight is 199 g/mol. The lowest BCUT2D eigenvalue weighted by molar-refractivity contribution is -0.146. The van der Waals surface area contributed by atoms with Crippen molar-refractivity contribution in [3.8, 4) is 6.07 Å². The third kappa shape index (κ3) is 4.24. The van der Waals surface area contributed by atoms with Crippen LogP contribution < -0.4 is 0 Å². The molecule has 80 valence electrons. The van der Waals surface area contributed by atoms with Crippen molar-refractivity contribution < 1.29 is 14.6 Å². The van der Waals surface area contributed by atoms with Crippen LogP contribution in [0.4, 0.5) is 0 Å². The maximum atomic E-state index is 11.1. The van der Waals surface area contributed by atoms with E-state index in [1.165, 1.54) is 7.11 Å². The Kier molecular flexibility index (Phi) is 5.89. The molecule has 0 radical (unpaired) electrons. The molecule has 4 nitrogen and oxygen atoms in total. The molecular formula is C10H17NO3. The van der Waals surface area contributed by atoms with E-state index in [0.29, 0.717) is 6.42 Å². The van der Waals surface area contributed by atoms with Crippen molar-refractivity contribution in [2.24, 2.45) is 11.8 Å². The first kappa shape index (κ1) is 12.9. The predicted molar refractivity (Wildman–Crippen MR) is 51.2 cm³/mol.